The van der Waals surface area contributed by atoms with Crippen LogP contribution in [0.1, 0.15) is 29.8 Å². The standard InChI is InChI=1S/C21H18N4OS/c1-2-3-17(13-21-22-24-25-23-21)16-5-7-19(8-6-16)26-14-15-4-9-20-18(12-15)10-11-27-20/h4-12,17H,13-14H2,1H3,(H,22,23,24,25)/t17-/m0/s1. The summed E-state index contributed by atoms with van der Waals surface area (Å²) in [5.74, 6) is 7.73. The lowest BCUT2D eigenvalue weighted by atomic mass is 9.96. The first-order valence-corrected chi connectivity index (χ1v) is 9.53. The van der Waals surface area contributed by atoms with Gasteiger partial charge in [-0.1, -0.05) is 29.3 Å². The van der Waals surface area contributed by atoms with Gasteiger partial charge in [0.25, 0.3) is 0 Å². The summed E-state index contributed by atoms with van der Waals surface area (Å²) in [5, 5.41) is 17.5. The first kappa shape index (κ1) is 17.3. The van der Waals surface area contributed by atoms with Crippen molar-refractivity contribution in [1.82, 2.24) is 20.6 Å². The summed E-state index contributed by atoms with van der Waals surface area (Å²) in [5.41, 5.74) is 2.28. The first-order valence-electron chi connectivity index (χ1n) is 8.65. The summed E-state index contributed by atoms with van der Waals surface area (Å²) in [6.07, 6.45) is 0.623. The van der Waals surface area contributed by atoms with E-state index in [1.165, 1.54) is 10.1 Å². The molecule has 0 amide bonds. The molecular weight excluding hydrogens is 356 g/mol. The molecule has 5 nitrogen and oxygen atoms in total. The number of tetrazole rings is 1. The van der Waals surface area contributed by atoms with Crippen LogP contribution in [-0.2, 0) is 13.0 Å². The third-order valence-electron chi connectivity index (χ3n) is 4.30. The Kier molecular flexibility index (Phi) is 5.13. The van der Waals surface area contributed by atoms with Crippen molar-refractivity contribution in [1.29, 1.82) is 0 Å². The van der Waals surface area contributed by atoms with Crippen LogP contribution in [0, 0.1) is 11.8 Å². The van der Waals surface area contributed by atoms with E-state index in [1.54, 1.807) is 11.3 Å². The van der Waals surface area contributed by atoms with E-state index in [2.05, 4.69) is 62.1 Å². The fourth-order valence-electron chi connectivity index (χ4n) is 2.95. The molecule has 0 saturated heterocycles. The average Bonchev–Trinajstić information content (AvgIpc) is 3.38. The first-order chi connectivity index (χ1) is 13.3. The molecule has 0 aliphatic heterocycles. The second-order valence-electron chi connectivity index (χ2n) is 6.13. The van der Waals surface area contributed by atoms with Crippen molar-refractivity contribution in [3.8, 4) is 17.6 Å². The molecule has 4 rings (SSSR count). The van der Waals surface area contributed by atoms with Gasteiger partial charge < -0.3 is 4.74 Å². The van der Waals surface area contributed by atoms with Crippen LogP contribution >= 0.6 is 11.3 Å². The maximum absolute atomic E-state index is 5.95. The van der Waals surface area contributed by atoms with Crippen molar-refractivity contribution in [2.24, 2.45) is 0 Å². The van der Waals surface area contributed by atoms with Crippen molar-refractivity contribution in [2.75, 3.05) is 0 Å². The minimum atomic E-state index is 0.0302. The number of benzene rings is 2. The Morgan fingerprint density at radius 1 is 1.15 bits per heavy atom. The van der Waals surface area contributed by atoms with Crippen LogP contribution in [0.4, 0.5) is 0 Å². The molecule has 2 aromatic heterocycles. The van der Waals surface area contributed by atoms with Gasteiger partial charge in [-0.05, 0) is 59.1 Å². The maximum atomic E-state index is 5.95. The highest BCUT2D eigenvalue weighted by Crippen LogP contribution is 2.24. The molecule has 0 saturated carbocycles. The number of ether oxygens (including phenoxy) is 1. The lowest BCUT2D eigenvalue weighted by Gasteiger charge is -2.11. The number of H-pyrrole nitrogens is 1. The minimum Gasteiger partial charge on any atom is -0.489 e. The van der Waals surface area contributed by atoms with E-state index in [0.29, 0.717) is 18.9 Å². The third kappa shape index (κ3) is 4.15. The van der Waals surface area contributed by atoms with Crippen molar-refractivity contribution >= 4 is 21.4 Å². The van der Waals surface area contributed by atoms with E-state index in [4.69, 9.17) is 4.74 Å². The Balaban J connectivity index is 1.43. The van der Waals surface area contributed by atoms with Crippen LogP contribution in [0.5, 0.6) is 5.75 Å². The molecule has 4 aromatic rings. The Labute approximate surface area is 161 Å². The molecule has 0 spiro atoms. The number of nitrogens with zero attached hydrogens (tertiary/aromatic N) is 3. The van der Waals surface area contributed by atoms with E-state index >= 15 is 0 Å². The Morgan fingerprint density at radius 2 is 2.04 bits per heavy atom. The van der Waals surface area contributed by atoms with Crippen LogP contribution < -0.4 is 4.74 Å². The van der Waals surface area contributed by atoms with Gasteiger partial charge >= 0.3 is 0 Å². The summed E-state index contributed by atoms with van der Waals surface area (Å²) in [6, 6.07) is 16.6. The van der Waals surface area contributed by atoms with Gasteiger partial charge in [-0.2, -0.15) is 5.21 Å². The van der Waals surface area contributed by atoms with Crippen LogP contribution in [0.25, 0.3) is 10.1 Å². The molecule has 0 aliphatic carbocycles. The largest absolute Gasteiger partial charge is 0.489 e. The molecule has 1 atom stereocenters. The third-order valence-corrected chi connectivity index (χ3v) is 5.20. The summed E-state index contributed by atoms with van der Waals surface area (Å²) in [6.45, 7) is 2.39. The van der Waals surface area contributed by atoms with Gasteiger partial charge in [0, 0.05) is 11.1 Å². The molecule has 27 heavy (non-hydrogen) atoms. The van der Waals surface area contributed by atoms with Crippen LogP contribution in [-0.4, -0.2) is 20.6 Å². The zero-order chi connectivity index (χ0) is 18.5. The van der Waals surface area contributed by atoms with Crippen LogP contribution in [0.15, 0.2) is 53.9 Å². The van der Waals surface area contributed by atoms with Crippen molar-refractivity contribution in [2.45, 2.75) is 25.9 Å². The van der Waals surface area contributed by atoms with E-state index in [-0.39, 0.29) is 5.92 Å². The molecular formula is C21H18N4OS. The highest BCUT2D eigenvalue weighted by Gasteiger charge is 2.12. The van der Waals surface area contributed by atoms with Gasteiger partial charge in [-0.25, -0.2) is 0 Å². The van der Waals surface area contributed by atoms with E-state index < -0.39 is 0 Å². The molecule has 1 N–H and O–H groups in total. The number of hydrogen-bond donors (Lipinski definition) is 1. The Morgan fingerprint density at radius 3 is 2.81 bits per heavy atom. The molecule has 0 fully saturated rings. The second-order valence-corrected chi connectivity index (χ2v) is 7.08. The Hall–Kier alpha value is -3.17. The summed E-state index contributed by atoms with van der Waals surface area (Å²) in [4.78, 5) is 0. The number of thiophene rings is 1. The fourth-order valence-corrected chi connectivity index (χ4v) is 3.72. The van der Waals surface area contributed by atoms with Crippen molar-refractivity contribution in [3.05, 3.63) is 70.9 Å². The monoisotopic (exact) mass is 374 g/mol. The predicted octanol–water partition coefficient (Wildman–Crippen LogP) is 4.34. The quantitative estimate of drug-likeness (QED) is 0.510. The number of rotatable bonds is 6. The Bertz CT molecular complexity index is 1070. The molecule has 0 aliphatic rings. The zero-order valence-corrected chi connectivity index (χ0v) is 15.7. The molecule has 0 unspecified atom stereocenters. The van der Waals surface area contributed by atoms with Gasteiger partial charge in [0.2, 0.25) is 0 Å². The predicted molar refractivity (Wildman–Crippen MR) is 107 cm³/mol. The van der Waals surface area contributed by atoms with Gasteiger partial charge in [-0.3, -0.25) is 0 Å². The summed E-state index contributed by atoms with van der Waals surface area (Å²) in [7, 11) is 0. The number of aromatic amines is 1. The summed E-state index contributed by atoms with van der Waals surface area (Å²) >= 11 is 1.75. The van der Waals surface area contributed by atoms with Gasteiger partial charge in [0.15, 0.2) is 5.82 Å². The highest BCUT2D eigenvalue weighted by atomic mass is 32.1. The normalized spacial score (nSPS) is 11.7. The van der Waals surface area contributed by atoms with E-state index in [9.17, 15) is 0 Å². The number of aromatic nitrogens is 4. The highest BCUT2D eigenvalue weighted by molar-refractivity contribution is 7.17. The number of fused-ring (bicyclic) bond motifs is 1. The SMILES string of the molecule is CC#C[C@@H](Cc1nn[nH]n1)c1ccc(OCc2ccc3sccc3c2)cc1. The summed E-state index contributed by atoms with van der Waals surface area (Å²) < 4.78 is 7.24. The molecule has 0 radical (unpaired) electrons. The smallest absolute Gasteiger partial charge is 0.176 e. The lowest BCUT2D eigenvalue weighted by molar-refractivity contribution is 0.306. The lowest BCUT2D eigenvalue weighted by Crippen LogP contribution is -2.03. The van der Waals surface area contributed by atoms with E-state index in [0.717, 1.165) is 16.9 Å². The van der Waals surface area contributed by atoms with Gasteiger partial charge in [0.05, 0.1) is 5.92 Å². The van der Waals surface area contributed by atoms with Crippen LogP contribution in [0.2, 0.25) is 0 Å². The average molecular weight is 374 g/mol. The minimum absolute atomic E-state index is 0.0302. The zero-order valence-electron chi connectivity index (χ0n) is 14.8. The second kappa shape index (κ2) is 8.02. The molecule has 6 heteroatoms. The van der Waals surface area contributed by atoms with Crippen molar-refractivity contribution in [3.63, 3.8) is 0 Å². The van der Waals surface area contributed by atoms with Crippen molar-refractivity contribution < 1.29 is 4.74 Å². The van der Waals surface area contributed by atoms with Gasteiger partial charge in [0.1, 0.15) is 12.4 Å². The molecule has 2 aromatic carbocycles. The number of hydrogen-bond acceptors (Lipinski definition) is 5. The number of nitrogens with one attached hydrogen (secondary N) is 1. The molecule has 2 heterocycles. The van der Waals surface area contributed by atoms with E-state index in [1.807, 2.05) is 31.2 Å². The van der Waals surface area contributed by atoms with Crippen LogP contribution in [0.3, 0.4) is 0 Å². The van der Waals surface area contributed by atoms with Gasteiger partial charge in [-0.15, -0.1) is 27.5 Å². The fraction of sp³-hybridized carbons (Fsp3) is 0.190. The molecule has 0 bridgehead atoms. The maximum Gasteiger partial charge on any atom is 0.176 e. The topological polar surface area (TPSA) is 63.7 Å². The molecule has 134 valence electrons.